The Morgan fingerprint density at radius 2 is 2.11 bits per heavy atom. The van der Waals surface area contributed by atoms with Crippen molar-refractivity contribution in [1.82, 2.24) is 15.0 Å². The van der Waals surface area contributed by atoms with Crippen LogP contribution in [0.5, 0.6) is 0 Å². The largest absolute Gasteiger partial charge is 0.396 e. The number of aromatic nitrogens is 1. The second-order valence-electron chi connectivity index (χ2n) is 8.46. The minimum Gasteiger partial charge on any atom is -0.396 e. The first-order chi connectivity index (χ1) is 13.0. The van der Waals surface area contributed by atoms with Gasteiger partial charge in [-0.2, -0.15) is 0 Å². The summed E-state index contributed by atoms with van der Waals surface area (Å²) >= 11 is 0. The average Bonchev–Trinajstić information content (AvgIpc) is 3.38. The van der Waals surface area contributed by atoms with Crippen LogP contribution in [0.15, 0.2) is 10.6 Å². The summed E-state index contributed by atoms with van der Waals surface area (Å²) in [6.45, 7) is 4.72. The van der Waals surface area contributed by atoms with Crippen LogP contribution in [0.4, 0.5) is 5.82 Å². The second kappa shape index (κ2) is 7.24. The lowest BCUT2D eigenvalue weighted by Gasteiger charge is -2.28. The average molecular weight is 376 g/mol. The van der Waals surface area contributed by atoms with Crippen molar-refractivity contribution in [2.24, 2.45) is 17.3 Å². The second-order valence-corrected chi connectivity index (χ2v) is 8.46. The summed E-state index contributed by atoms with van der Waals surface area (Å²) in [5.41, 5.74) is -0.307. The number of aryl methyl sites for hydroxylation is 1. The number of anilines is 1. The van der Waals surface area contributed by atoms with Crippen LogP contribution in [0.1, 0.15) is 31.4 Å². The van der Waals surface area contributed by atoms with E-state index in [0.29, 0.717) is 31.2 Å². The van der Waals surface area contributed by atoms with Crippen LogP contribution < -0.4 is 5.32 Å². The number of fused-ring (bicyclic) bond motifs is 1. The van der Waals surface area contributed by atoms with E-state index in [0.717, 1.165) is 32.2 Å². The van der Waals surface area contributed by atoms with Crippen LogP contribution in [-0.2, 0) is 9.59 Å². The summed E-state index contributed by atoms with van der Waals surface area (Å²) in [4.78, 5) is 29.1. The van der Waals surface area contributed by atoms with Gasteiger partial charge in [0.25, 0.3) is 0 Å². The number of rotatable bonds is 5. The van der Waals surface area contributed by atoms with Gasteiger partial charge in [-0.25, -0.2) is 0 Å². The molecule has 2 N–H and O–H groups in total. The molecule has 1 aromatic heterocycles. The van der Waals surface area contributed by atoms with Gasteiger partial charge in [-0.3, -0.25) is 14.5 Å². The molecule has 3 aliphatic rings. The van der Waals surface area contributed by atoms with Gasteiger partial charge >= 0.3 is 0 Å². The number of carbonyl (C=O) groups is 2. The predicted octanol–water partition coefficient (Wildman–Crippen LogP) is 0.864. The summed E-state index contributed by atoms with van der Waals surface area (Å²) in [7, 11) is 0. The zero-order valence-electron chi connectivity index (χ0n) is 15.8. The Hall–Kier alpha value is -1.93. The van der Waals surface area contributed by atoms with Crippen molar-refractivity contribution in [3.63, 3.8) is 0 Å². The normalized spacial score (nSPS) is 28.7. The zero-order chi connectivity index (χ0) is 19.0. The quantitative estimate of drug-likeness (QED) is 0.791. The Bertz CT molecular complexity index is 714. The highest BCUT2D eigenvalue weighted by Crippen LogP contribution is 2.43. The number of hydrogen-bond acceptors (Lipinski definition) is 6. The maximum Gasteiger partial charge on any atom is 0.239 e. The van der Waals surface area contributed by atoms with E-state index >= 15 is 0 Å². The molecule has 3 fully saturated rings. The van der Waals surface area contributed by atoms with Crippen molar-refractivity contribution in [2.75, 3.05) is 44.6 Å². The fraction of sp³-hybridized carbons (Fsp3) is 0.737. The van der Waals surface area contributed by atoms with Crippen molar-refractivity contribution in [1.29, 1.82) is 0 Å². The molecule has 0 radical (unpaired) electrons. The minimum absolute atomic E-state index is 0.0483. The Kier molecular flexibility index (Phi) is 4.94. The molecular weight excluding hydrogens is 348 g/mol. The number of aliphatic hydroxyl groups excluding tert-OH is 1. The first-order valence-corrected chi connectivity index (χ1v) is 9.84. The molecule has 27 heavy (non-hydrogen) atoms. The van der Waals surface area contributed by atoms with E-state index in [4.69, 9.17) is 4.52 Å². The fourth-order valence-electron chi connectivity index (χ4n) is 5.04. The molecule has 1 aromatic rings. The molecule has 0 bridgehead atoms. The first kappa shape index (κ1) is 18.4. The van der Waals surface area contributed by atoms with Crippen LogP contribution in [0.25, 0.3) is 0 Å². The molecule has 148 valence electrons. The van der Waals surface area contributed by atoms with Crippen molar-refractivity contribution in [2.45, 2.75) is 32.6 Å². The minimum atomic E-state index is -0.307. The predicted molar refractivity (Wildman–Crippen MR) is 97.9 cm³/mol. The number of likely N-dealkylation sites (tertiary alicyclic amines) is 2. The van der Waals surface area contributed by atoms with Crippen molar-refractivity contribution in [3.8, 4) is 0 Å². The maximum absolute atomic E-state index is 12.8. The van der Waals surface area contributed by atoms with Crippen LogP contribution in [0.3, 0.4) is 0 Å². The number of aliphatic hydroxyl groups is 1. The van der Waals surface area contributed by atoms with Gasteiger partial charge in [-0.05, 0) is 25.7 Å². The first-order valence-electron chi connectivity index (χ1n) is 9.84. The molecule has 2 atom stereocenters. The van der Waals surface area contributed by atoms with Gasteiger partial charge in [0, 0.05) is 43.6 Å². The Labute approximate surface area is 158 Å². The molecule has 0 unspecified atom stereocenters. The highest BCUT2D eigenvalue weighted by molar-refractivity contribution is 5.91. The van der Waals surface area contributed by atoms with E-state index in [2.05, 4.69) is 15.4 Å². The summed E-state index contributed by atoms with van der Waals surface area (Å²) in [6, 6.07) is 1.68. The van der Waals surface area contributed by atoms with E-state index < -0.39 is 0 Å². The topological polar surface area (TPSA) is 98.9 Å². The van der Waals surface area contributed by atoms with Crippen LogP contribution in [0.2, 0.25) is 0 Å². The van der Waals surface area contributed by atoms with E-state index in [9.17, 15) is 14.7 Å². The third kappa shape index (κ3) is 3.60. The Morgan fingerprint density at radius 3 is 2.74 bits per heavy atom. The lowest BCUT2D eigenvalue weighted by Crippen LogP contribution is -2.42. The van der Waals surface area contributed by atoms with Gasteiger partial charge in [-0.15, -0.1) is 0 Å². The van der Waals surface area contributed by atoms with Crippen molar-refractivity contribution < 1.29 is 19.2 Å². The monoisotopic (exact) mass is 376 g/mol. The van der Waals surface area contributed by atoms with Crippen LogP contribution >= 0.6 is 0 Å². The van der Waals surface area contributed by atoms with Crippen molar-refractivity contribution >= 4 is 17.6 Å². The van der Waals surface area contributed by atoms with Gasteiger partial charge in [0.05, 0.1) is 13.2 Å². The molecule has 1 saturated carbocycles. The van der Waals surface area contributed by atoms with Gasteiger partial charge in [0.1, 0.15) is 5.76 Å². The summed E-state index contributed by atoms with van der Waals surface area (Å²) in [5, 5.41) is 16.6. The van der Waals surface area contributed by atoms with E-state index in [-0.39, 0.29) is 42.2 Å². The maximum atomic E-state index is 12.8. The summed E-state index contributed by atoms with van der Waals surface area (Å²) in [5.74, 6) is 1.58. The number of amides is 2. The van der Waals surface area contributed by atoms with E-state index in [1.807, 2.05) is 4.90 Å². The number of hydrogen-bond donors (Lipinski definition) is 2. The molecule has 4 rings (SSSR count). The Morgan fingerprint density at radius 1 is 1.33 bits per heavy atom. The molecule has 2 aliphatic heterocycles. The van der Waals surface area contributed by atoms with Crippen LogP contribution in [0, 0.1) is 24.2 Å². The molecule has 0 aromatic carbocycles. The molecule has 8 heteroatoms. The SMILES string of the molecule is Cc1cc(NC(=O)CN2C[C@H]3CN(C(=O)C4CCCC4)C[C@@]3(CO)C2)no1. The molecule has 2 saturated heterocycles. The lowest BCUT2D eigenvalue weighted by atomic mass is 9.82. The number of carbonyl (C=O) groups excluding carboxylic acids is 2. The van der Waals surface area contributed by atoms with Gasteiger partial charge < -0.3 is 19.8 Å². The smallest absolute Gasteiger partial charge is 0.239 e. The third-order valence-electron chi connectivity index (χ3n) is 6.42. The lowest BCUT2D eigenvalue weighted by molar-refractivity contribution is -0.135. The fourth-order valence-corrected chi connectivity index (χ4v) is 5.04. The molecular formula is C19H28N4O4. The van der Waals surface area contributed by atoms with Crippen LogP contribution in [-0.4, -0.2) is 71.2 Å². The molecule has 2 amide bonds. The summed E-state index contributed by atoms with van der Waals surface area (Å²) < 4.78 is 4.96. The molecule has 1 aliphatic carbocycles. The molecule has 3 heterocycles. The summed E-state index contributed by atoms with van der Waals surface area (Å²) in [6.07, 6.45) is 4.29. The standard InChI is InChI=1S/C19H28N4O4/c1-13-6-16(21-27-13)20-17(25)9-22-7-15-8-23(11-19(15,10-22)12-24)18(26)14-4-2-3-5-14/h6,14-15,24H,2-5,7-12H2,1H3,(H,20,21,25)/t15-,19+/m0/s1. The van der Waals surface area contributed by atoms with Gasteiger partial charge in [0.2, 0.25) is 11.8 Å². The Balaban J connectivity index is 1.34. The number of nitrogens with zero attached hydrogens (tertiary/aromatic N) is 3. The van der Waals surface area contributed by atoms with E-state index in [1.165, 1.54) is 0 Å². The van der Waals surface area contributed by atoms with E-state index in [1.54, 1.807) is 13.0 Å². The van der Waals surface area contributed by atoms with Gasteiger partial charge in [-0.1, -0.05) is 18.0 Å². The van der Waals surface area contributed by atoms with Gasteiger partial charge in [0.15, 0.2) is 5.82 Å². The highest BCUT2D eigenvalue weighted by atomic mass is 16.5. The highest BCUT2D eigenvalue weighted by Gasteiger charge is 2.53. The molecule has 0 spiro atoms. The number of nitrogens with one attached hydrogen (secondary N) is 1. The van der Waals surface area contributed by atoms with Crippen molar-refractivity contribution in [3.05, 3.63) is 11.8 Å². The zero-order valence-corrected chi connectivity index (χ0v) is 15.8. The third-order valence-corrected chi connectivity index (χ3v) is 6.42. The molecule has 8 nitrogen and oxygen atoms in total.